The first kappa shape index (κ1) is 16.3. The van der Waals surface area contributed by atoms with Crippen LogP contribution in [0.4, 0.5) is 13.2 Å². The van der Waals surface area contributed by atoms with E-state index in [1.54, 1.807) is 0 Å². The van der Waals surface area contributed by atoms with E-state index >= 15 is 0 Å². The molecule has 2 fully saturated rings. The van der Waals surface area contributed by atoms with Gasteiger partial charge in [-0.15, -0.1) is 0 Å². The smallest absolute Gasteiger partial charge is 0.349 e. The van der Waals surface area contributed by atoms with Gasteiger partial charge in [0.2, 0.25) is 0 Å². The molecule has 0 radical (unpaired) electrons. The van der Waals surface area contributed by atoms with Crippen LogP contribution in [-0.4, -0.2) is 11.9 Å². The van der Waals surface area contributed by atoms with E-state index in [9.17, 15) is 18.0 Å². The molecule has 2 bridgehead atoms. The summed E-state index contributed by atoms with van der Waals surface area (Å²) in [5.74, 6) is 0.157. The van der Waals surface area contributed by atoms with Crippen molar-refractivity contribution in [2.24, 2.45) is 16.7 Å². The number of amides is 1. The summed E-state index contributed by atoms with van der Waals surface area (Å²) in [6.45, 7) is 6.67. The van der Waals surface area contributed by atoms with Crippen LogP contribution in [-0.2, 0) is 6.18 Å². The van der Waals surface area contributed by atoms with E-state index < -0.39 is 17.6 Å². The van der Waals surface area contributed by atoms with Crippen LogP contribution in [0.25, 0.3) is 0 Å². The molecule has 0 aliphatic heterocycles. The van der Waals surface area contributed by atoms with Gasteiger partial charge in [-0.25, -0.2) is 0 Å². The highest BCUT2D eigenvalue weighted by Gasteiger charge is 2.61. The Morgan fingerprint density at radius 3 is 2.48 bits per heavy atom. The first-order valence-electron chi connectivity index (χ1n) is 8.04. The molecule has 2 aliphatic rings. The van der Waals surface area contributed by atoms with E-state index in [0.717, 1.165) is 25.0 Å². The SMILES string of the molecule is CC1(C)[C@@H]2CC[C@@]1(C)[C@H](NC(=O)c1cccc(C(F)(F)F)c1)C2. The number of carbonyl (C=O) groups excluding carboxylic acids is 1. The van der Waals surface area contributed by atoms with Gasteiger partial charge < -0.3 is 5.32 Å². The largest absolute Gasteiger partial charge is 0.416 e. The number of halogens is 3. The van der Waals surface area contributed by atoms with Crippen molar-refractivity contribution in [1.82, 2.24) is 5.32 Å². The Bertz CT molecular complexity index is 637. The summed E-state index contributed by atoms with van der Waals surface area (Å²) < 4.78 is 38.4. The molecule has 0 saturated heterocycles. The average molecular weight is 325 g/mol. The number of hydrogen-bond donors (Lipinski definition) is 1. The molecule has 0 unspecified atom stereocenters. The lowest BCUT2D eigenvalue weighted by molar-refractivity contribution is -0.137. The molecule has 3 rings (SSSR count). The molecule has 0 spiro atoms. The summed E-state index contributed by atoms with van der Waals surface area (Å²) in [4.78, 5) is 12.4. The van der Waals surface area contributed by atoms with Crippen molar-refractivity contribution in [3.63, 3.8) is 0 Å². The van der Waals surface area contributed by atoms with E-state index in [0.29, 0.717) is 5.92 Å². The van der Waals surface area contributed by atoms with Crippen molar-refractivity contribution in [2.45, 2.75) is 52.3 Å². The Morgan fingerprint density at radius 1 is 1.26 bits per heavy atom. The van der Waals surface area contributed by atoms with E-state index in [-0.39, 0.29) is 22.4 Å². The number of rotatable bonds is 2. The molecule has 1 aromatic carbocycles. The van der Waals surface area contributed by atoms with E-state index in [1.807, 2.05) is 0 Å². The van der Waals surface area contributed by atoms with Crippen LogP contribution in [0.5, 0.6) is 0 Å². The fourth-order valence-electron chi connectivity index (χ4n) is 4.50. The van der Waals surface area contributed by atoms with Crippen molar-refractivity contribution in [2.75, 3.05) is 0 Å². The standard InChI is InChI=1S/C18H22F3NO/c1-16(2)12-7-8-17(16,3)14(10-12)22-15(23)11-5-4-6-13(9-11)18(19,20)21/h4-6,9,12,14H,7-8,10H2,1-3H3,(H,22,23)/t12-,14-,17+/m1/s1. The second-order valence-corrected chi connectivity index (χ2v) is 7.72. The van der Waals surface area contributed by atoms with Crippen LogP contribution in [0.3, 0.4) is 0 Å². The minimum absolute atomic E-state index is 0.00889. The number of fused-ring (bicyclic) bond motifs is 2. The monoisotopic (exact) mass is 325 g/mol. The van der Waals surface area contributed by atoms with Gasteiger partial charge in [0.15, 0.2) is 0 Å². The zero-order valence-corrected chi connectivity index (χ0v) is 13.6. The predicted molar refractivity (Wildman–Crippen MR) is 81.9 cm³/mol. The fourth-order valence-corrected chi connectivity index (χ4v) is 4.50. The van der Waals surface area contributed by atoms with Crippen LogP contribution in [0.1, 0.15) is 56.0 Å². The molecule has 2 nitrogen and oxygen atoms in total. The van der Waals surface area contributed by atoms with Crippen LogP contribution in [0, 0.1) is 16.7 Å². The number of alkyl halides is 3. The van der Waals surface area contributed by atoms with Gasteiger partial charge >= 0.3 is 6.18 Å². The number of carbonyl (C=O) groups is 1. The molecule has 5 heteroatoms. The summed E-state index contributed by atoms with van der Waals surface area (Å²) in [5, 5.41) is 3.00. The first-order valence-corrected chi connectivity index (χ1v) is 8.04. The average Bonchev–Trinajstić information content (AvgIpc) is 2.80. The maximum atomic E-state index is 12.8. The van der Waals surface area contributed by atoms with Gasteiger partial charge in [-0.2, -0.15) is 13.2 Å². The lowest BCUT2D eigenvalue weighted by Crippen LogP contribution is -2.46. The predicted octanol–water partition coefficient (Wildman–Crippen LogP) is 4.65. The highest BCUT2D eigenvalue weighted by molar-refractivity contribution is 5.94. The molecule has 23 heavy (non-hydrogen) atoms. The Hall–Kier alpha value is -1.52. The van der Waals surface area contributed by atoms with Gasteiger partial charge in [0, 0.05) is 11.6 Å². The van der Waals surface area contributed by atoms with E-state index in [2.05, 4.69) is 26.1 Å². The van der Waals surface area contributed by atoms with Crippen LogP contribution in [0.15, 0.2) is 24.3 Å². The van der Waals surface area contributed by atoms with Crippen molar-refractivity contribution in [3.05, 3.63) is 35.4 Å². The molecule has 0 heterocycles. The molecular weight excluding hydrogens is 303 g/mol. The van der Waals surface area contributed by atoms with Gasteiger partial charge in [-0.05, 0) is 54.2 Å². The van der Waals surface area contributed by atoms with Crippen molar-refractivity contribution >= 4 is 5.91 Å². The van der Waals surface area contributed by atoms with Gasteiger partial charge in [-0.1, -0.05) is 26.8 Å². The van der Waals surface area contributed by atoms with Crippen molar-refractivity contribution < 1.29 is 18.0 Å². The van der Waals surface area contributed by atoms with Gasteiger partial charge in [0.25, 0.3) is 5.91 Å². The Kier molecular flexibility index (Phi) is 3.54. The Balaban J connectivity index is 1.79. The molecule has 1 N–H and O–H groups in total. The third kappa shape index (κ3) is 2.45. The third-order valence-corrected chi connectivity index (χ3v) is 6.55. The van der Waals surface area contributed by atoms with E-state index in [4.69, 9.17) is 0 Å². The maximum absolute atomic E-state index is 12.8. The van der Waals surface area contributed by atoms with Crippen LogP contribution < -0.4 is 5.32 Å². The zero-order valence-electron chi connectivity index (χ0n) is 13.6. The quantitative estimate of drug-likeness (QED) is 0.842. The van der Waals surface area contributed by atoms with Gasteiger partial charge in [0.1, 0.15) is 0 Å². The molecule has 1 amide bonds. The summed E-state index contributed by atoms with van der Waals surface area (Å²) in [7, 11) is 0. The molecule has 1 aromatic rings. The molecular formula is C18H22F3NO. The summed E-state index contributed by atoms with van der Waals surface area (Å²) >= 11 is 0. The number of benzene rings is 1. The van der Waals surface area contributed by atoms with Crippen molar-refractivity contribution in [3.8, 4) is 0 Å². The lowest BCUT2D eigenvalue weighted by atomic mass is 9.69. The second kappa shape index (κ2) is 4.99. The maximum Gasteiger partial charge on any atom is 0.416 e. The second-order valence-electron chi connectivity index (χ2n) is 7.72. The molecule has 3 atom stereocenters. The fraction of sp³-hybridized carbons (Fsp3) is 0.611. The Morgan fingerprint density at radius 2 is 1.96 bits per heavy atom. The minimum Gasteiger partial charge on any atom is -0.349 e. The van der Waals surface area contributed by atoms with Crippen LogP contribution in [0.2, 0.25) is 0 Å². The molecule has 2 aliphatic carbocycles. The lowest BCUT2D eigenvalue weighted by Gasteiger charge is -2.39. The molecule has 0 aromatic heterocycles. The van der Waals surface area contributed by atoms with Crippen LogP contribution >= 0.6 is 0 Å². The zero-order chi connectivity index (χ0) is 17.0. The Labute approximate surface area is 134 Å². The molecule has 126 valence electrons. The summed E-state index contributed by atoms with van der Waals surface area (Å²) in [5.41, 5.74) is -0.554. The van der Waals surface area contributed by atoms with Gasteiger partial charge in [-0.3, -0.25) is 4.79 Å². The normalized spacial score (nSPS) is 32.1. The number of hydrogen-bond acceptors (Lipinski definition) is 1. The van der Waals surface area contributed by atoms with E-state index in [1.165, 1.54) is 18.6 Å². The minimum atomic E-state index is -4.43. The summed E-state index contributed by atoms with van der Waals surface area (Å²) in [6.07, 6.45) is -1.30. The topological polar surface area (TPSA) is 29.1 Å². The van der Waals surface area contributed by atoms with Gasteiger partial charge in [0.05, 0.1) is 5.56 Å². The van der Waals surface area contributed by atoms with Crippen molar-refractivity contribution in [1.29, 1.82) is 0 Å². The highest BCUT2D eigenvalue weighted by Crippen LogP contribution is 2.65. The first-order chi connectivity index (χ1) is 10.6. The molecule has 2 saturated carbocycles. The highest BCUT2D eigenvalue weighted by atomic mass is 19.4. The third-order valence-electron chi connectivity index (χ3n) is 6.55. The summed E-state index contributed by atoms with van der Waals surface area (Å²) in [6, 6.07) is 4.66. The number of nitrogens with one attached hydrogen (secondary N) is 1.